The lowest BCUT2D eigenvalue weighted by Crippen LogP contribution is -2.70. The molecule has 1 aromatic rings. The molecule has 11 N–H and O–H groups in total. The van der Waals surface area contributed by atoms with Gasteiger partial charge in [-0.25, -0.2) is 0 Å². The Hall–Kier alpha value is -4.44. The van der Waals surface area contributed by atoms with Crippen LogP contribution in [0.3, 0.4) is 0 Å². The molecule has 4 heterocycles. The van der Waals surface area contributed by atoms with Gasteiger partial charge in [0, 0.05) is 45.9 Å². The number of benzene rings is 1. The van der Waals surface area contributed by atoms with Crippen molar-refractivity contribution in [1.82, 2.24) is 16.0 Å². The van der Waals surface area contributed by atoms with Gasteiger partial charge in [-0.05, 0) is 30.5 Å². The summed E-state index contributed by atoms with van der Waals surface area (Å²) in [5.41, 5.74) is 1.29. The predicted octanol–water partition coefficient (Wildman–Crippen LogP) is -5.77. The molecule has 4 aliphatic heterocycles. The van der Waals surface area contributed by atoms with E-state index in [2.05, 4.69) is 16.0 Å². The molecule has 5 rings (SSSR count). The van der Waals surface area contributed by atoms with Crippen LogP contribution in [0.15, 0.2) is 24.3 Å². The number of methoxy groups -OCH3 is 1. The van der Waals surface area contributed by atoms with Crippen molar-refractivity contribution in [3.63, 3.8) is 0 Å². The number of Topliss-reactive ketones (excluding diaryl/α,β-unsaturated/α-hetero) is 1. The highest BCUT2D eigenvalue weighted by Gasteiger charge is 2.57. The van der Waals surface area contributed by atoms with Crippen LogP contribution in [-0.2, 0) is 82.5 Å². The number of hydrogen-bond acceptors (Lipinski definition) is 25. The summed E-state index contributed by atoms with van der Waals surface area (Å²) in [4.78, 5) is 72.2. The SMILES string of the molecule is CCC(=O)CCCc1ccc(C(=O)NCCO[C@@H]2OC(OC=O)[C@@H](O[C@H]3OC(CO)[C@@H](O[C@@H]4OC(OC=O)[C@@H](O[C@H]5OC(CO)[C@@H](OC)[C@H](O)C5NC(C)=O)[C@H](O)C4O)[C@H](O)C3NC(C)=O)[C@H](O)C2O)cc1. The Morgan fingerprint density at radius 3 is 1.60 bits per heavy atom. The van der Waals surface area contributed by atoms with E-state index in [1.807, 2.05) is 0 Å². The Morgan fingerprint density at radius 1 is 0.625 bits per heavy atom. The standard InChI is InChI=1S/C44H65N3O25/c1-5-23(54)8-6-7-21-9-11-22(12-10-21)38(61)45-13-14-63-41-32(59)30(57)36(43(71-41)64-17-50)69-40-27(47-20(3)53)29(56)35(25(16-49)67-40)68-42-33(60)31(58)37(44(72-42)65-18-51)70-39-26(46-19(2)52)28(55)34(62-4)24(15-48)66-39/h9-12,17-18,24-37,39-44,48-49,55-60H,5-8,13-16H2,1-4H3,(H,45,61)(H,46,52)(H,47,53)/t24?,25?,26?,27?,28-,29-,30-,31-,32?,33?,34-,35-,36+,37+,39-,40-,41-,42-,43?,44?/m1/s1. The number of aliphatic hydroxyl groups is 8. The number of carbonyl (C=O) groups excluding carboxylic acids is 6. The zero-order valence-electron chi connectivity index (χ0n) is 39.7. The Morgan fingerprint density at radius 2 is 1.11 bits per heavy atom. The Kier molecular flexibility index (Phi) is 22.5. The second-order valence-corrected chi connectivity index (χ2v) is 17.1. The monoisotopic (exact) mass is 1040 g/mol. The summed E-state index contributed by atoms with van der Waals surface area (Å²) in [6.45, 7) is 1.66. The van der Waals surface area contributed by atoms with Crippen molar-refractivity contribution in [3.8, 4) is 0 Å². The van der Waals surface area contributed by atoms with Crippen LogP contribution < -0.4 is 16.0 Å². The van der Waals surface area contributed by atoms with E-state index in [1.54, 1.807) is 31.2 Å². The number of aryl methyl sites for hydroxylation is 1. The van der Waals surface area contributed by atoms with E-state index in [0.29, 0.717) is 31.2 Å². The fourth-order valence-corrected chi connectivity index (χ4v) is 8.48. The third-order valence-corrected chi connectivity index (χ3v) is 12.2. The summed E-state index contributed by atoms with van der Waals surface area (Å²) in [5, 5.41) is 95.5. The van der Waals surface area contributed by atoms with Crippen molar-refractivity contribution in [2.24, 2.45) is 0 Å². The van der Waals surface area contributed by atoms with Crippen LogP contribution in [0.5, 0.6) is 0 Å². The average Bonchev–Trinajstić information content (AvgIpc) is 3.35. The molecule has 0 aromatic heterocycles. The molecule has 3 amide bonds. The van der Waals surface area contributed by atoms with Gasteiger partial charge >= 0.3 is 0 Å². The van der Waals surface area contributed by atoms with Gasteiger partial charge in [0.1, 0.15) is 78.9 Å². The normalized spacial score (nSPS) is 36.9. The number of aliphatic hydroxyl groups excluding tert-OH is 8. The Labute approximate surface area is 411 Å². The molecule has 0 saturated carbocycles. The lowest BCUT2D eigenvalue weighted by Gasteiger charge is -2.49. The maximum Gasteiger partial charge on any atom is 0.295 e. The summed E-state index contributed by atoms with van der Waals surface area (Å²) >= 11 is 0. The van der Waals surface area contributed by atoms with Crippen molar-refractivity contribution >= 4 is 36.4 Å². The molecule has 4 fully saturated rings. The van der Waals surface area contributed by atoms with E-state index in [4.69, 9.17) is 52.1 Å². The van der Waals surface area contributed by atoms with Crippen molar-refractivity contribution in [1.29, 1.82) is 0 Å². The number of ether oxygens (including phenoxy) is 11. The van der Waals surface area contributed by atoms with Crippen molar-refractivity contribution < 1.29 is 122 Å². The molecular formula is C44H65N3O25. The van der Waals surface area contributed by atoms with Gasteiger partial charge in [0.25, 0.3) is 18.9 Å². The summed E-state index contributed by atoms with van der Waals surface area (Å²) in [7, 11) is 1.21. The van der Waals surface area contributed by atoms with Crippen LogP contribution in [0, 0.1) is 0 Å². The first-order chi connectivity index (χ1) is 34.4. The van der Waals surface area contributed by atoms with Gasteiger partial charge in [-0.1, -0.05) is 19.1 Å². The second kappa shape index (κ2) is 27.7. The highest BCUT2D eigenvalue weighted by molar-refractivity contribution is 5.94. The minimum atomic E-state index is -2.16. The fourth-order valence-electron chi connectivity index (χ4n) is 8.48. The predicted molar refractivity (Wildman–Crippen MR) is 233 cm³/mol. The fraction of sp³-hybridized carbons (Fsp3) is 0.727. The molecule has 20 atom stereocenters. The lowest BCUT2D eigenvalue weighted by molar-refractivity contribution is -0.398. The van der Waals surface area contributed by atoms with Gasteiger partial charge < -0.3 is 109 Å². The van der Waals surface area contributed by atoms with Crippen LogP contribution in [0.4, 0.5) is 0 Å². The quantitative estimate of drug-likeness (QED) is 0.0321. The third kappa shape index (κ3) is 14.7. The number of nitrogens with one attached hydrogen (secondary N) is 3. The molecular weight excluding hydrogens is 970 g/mol. The van der Waals surface area contributed by atoms with E-state index < -0.39 is 154 Å². The van der Waals surface area contributed by atoms with Crippen molar-refractivity contribution in [3.05, 3.63) is 35.4 Å². The molecule has 0 spiro atoms. The Balaban J connectivity index is 1.23. The number of ketones is 1. The first kappa shape index (κ1) is 58.4. The van der Waals surface area contributed by atoms with Crippen LogP contribution in [0.25, 0.3) is 0 Å². The smallest absolute Gasteiger partial charge is 0.295 e. The van der Waals surface area contributed by atoms with Gasteiger partial charge in [0.05, 0.1) is 19.8 Å². The first-order valence-corrected chi connectivity index (χ1v) is 23.1. The van der Waals surface area contributed by atoms with Gasteiger partial charge in [0.15, 0.2) is 37.4 Å². The largest absolute Gasteiger partial charge is 0.435 e. The number of amides is 3. The van der Waals surface area contributed by atoms with E-state index in [-0.39, 0.29) is 31.9 Å². The molecule has 8 unspecified atom stereocenters. The molecule has 0 aliphatic carbocycles. The third-order valence-electron chi connectivity index (χ3n) is 12.2. The van der Waals surface area contributed by atoms with E-state index in [1.165, 1.54) is 7.11 Å². The van der Waals surface area contributed by atoms with Gasteiger partial charge in [-0.15, -0.1) is 0 Å². The van der Waals surface area contributed by atoms with E-state index in [0.717, 1.165) is 19.4 Å². The Bertz CT molecular complexity index is 1920. The highest BCUT2D eigenvalue weighted by atomic mass is 16.8. The van der Waals surface area contributed by atoms with Gasteiger partial charge in [-0.2, -0.15) is 0 Å². The summed E-state index contributed by atoms with van der Waals surface area (Å²) in [6.07, 6.45) is -30.3. The van der Waals surface area contributed by atoms with Crippen LogP contribution in [0.2, 0.25) is 0 Å². The van der Waals surface area contributed by atoms with Crippen LogP contribution >= 0.6 is 0 Å². The van der Waals surface area contributed by atoms with Crippen molar-refractivity contribution in [2.75, 3.05) is 33.5 Å². The lowest BCUT2D eigenvalue weighted by atomic mass is 9.95. The number of hydrogen-bond donors (Lipinski definition) is 11. The molecule has 0 bridgehead atoms. The molecule has 72 heavy (non-hydrogen) atoms. The maximum absolute atomic E-state index is 12.8. The van der Waals surface area contributed by atoms with Crippen LogP contribution in [-0.4, -0.2) is 234 Å². The van der Waals surface area contributed by atoms with E-state index >= 15 is 0 Å². The van der Waals surface area contributed by atoms with Gasteiger partial charge in [0.2, 0.25) is 24.4 Å². The topological polar surface area (TPSA) is 402 Å². The first-order valence-electron chi connectivity index (χ1n) is 23.1. The highest BCUT2D eigenvalue weighted by Crippen LogP contribution is 2.35. The minimum absolute atomic E-state index is 0.0719. The molecule has 1 aromatic carbocycles. The molecule has 0 radical (unpaired) electrons. The molecule has 406 valence electrons. The molecule has 28 nitrogen and oxygen atoms in total. The summed E-state index contributed by atoms with van der Waals surface area (Å²) < 4.78 is 61.2. The minimum Gasteiger partial charge on any atom is -0.435 e. The van der Waals surface area contributed by atoms with E-state index in [9.17, 15) is 69.6 Å². The average molecular weight is 1040 g/mol. The van der Waals surface area contributed by atoms with Crippen LogP contribution in [0.1, 0.15) is 56.0 Å². The number of rotatable bonds is 25. The zero-order valence-corrected chi connectivity index (χ0v) is 39.7. The van der Waals surface area contributed by atoms with Gasteiger partial charge in [-0.3, -0.25) is 28.8 Å². The molecule has 28 heteroatoms. The van der Waals surface area contributed by atoms with Crippen molar-refractivity contribution in [2.45, 2.75) is 170 Å². The molecule has 4 saturated heterocycles. The second-order valence-electron chi connectivity index (χ2n) is 17.1. The molecule has 4 aliphatic rings. The summed E-state index contributed by atoms with van der Waals surface area (Å²) in [6, 6.07) is 3.66. The zero-order chi connectivity index (χ0) is 52.8. The summed E-state index contributed by atoms with van der Waals surface area (Å²) in [5.74, 6) is -1.75. The number of carbonyl (C=O) groups is 6. The maximum atomic E-state index is 12.8.